The number of thiophene rings is 1. The maximum absolute atomic E-state index is 12.3. The van der Waals surface area contributed by atoms with E-state index in [-0.39, 0.29) is 5.56 Å². The Balaban J connectivity index is 1.78. The van der Waals surface area contributed by atoms with Crippen LogP contribution >= 0.6 is 11.3 Å². The maximum Gasteiger partial charge on any atom is 0.267 e. The highest BCUT2D eigenvalue weighted by molar-refractivity contribution is 7.15. The third-order valence-corrected chi connectivity index (χ3v) is 5.08. The van der Waals surface area contributed by atoms with Crippen molar-refractivity contribution in [2.75, 3.05) is 0 Å². The summed E-state index contributed by atoms with van der Waals surface area (Å²) in [5, 5.41) is 6.91. The van der Waals surface area contributed by atoms with E-state index in [0.717, 1.165) is 21.5 Å². The Morgan fingerprint density at radius 1 is 0.958 bits per heavy atom. The first-order valence-electron chi connectivity index (χ1n) is 7.82. The van der Waals surface area contributed by atoms with Crippen molar-refractivity contribution >= 4 is 22.1 Å². The van der Waals surface area contributed by atoms with Crippen LogP contribution in [0.3, 0.4) is 0 Å². The minimum Gasteiger partial charge on any atom is -0.268 e. The van der Waals surface area contributed by atoms with Gasteiger partial charge in [0.25, 0.3) is 5.56 Å². The van der Waals surface area contributed by atoms with Gasteiger partial charge in [0.15, 0.2) is 0 Å². The van der Waals surface area contributed by atoms with Crippen molar-refractivity contribution in [3.05, 3.63) is 87.5 Å². The summed E-state index contributed by atoms with van der Waals surface area (Å²) in [5.41, 5.74) is 1.86. The van der Waals surface area contributed by atoms with Gasteiger partial charge in [0.05, 0.1) is 11.4 Å². The second kappa shape index (κ2) is 6.06. The average molecular weight is 332 g/mol. The monoisotopic (exact) mass is 332 g/mol. The van der Waals surface area contributed by atoms with E-state index in [4.69, 9.17) is 0 Å². The Morgan fingerprint density at radius 3 is 2.62 bits per heavy atom. The predicted octanol–water partition coefficient (Wildman–Crippen LogP) is 4.48. The van der Waals surface area contributed by atoms with E-state index < -0.39 is 0 Å². The molecule has 4 rings (SSSR count). The van der Waals surface area contributed by atoms with Gasteiger partial charge in [-0.3, -0.25) is 4.79 Å². The topological polar surface area (TPSA) is 34.9 Å². The molecule has 118 valence electrons. The van der Waals surface area contributed by atoms with Gasteiger partial charge in [-0.05, 0) is 41.5 Å². The SMILES string of the molecule is Cc1ccc(-c2ccc(=O)n(Cc3cccc4ccccc34)n2)s1. The van der Waals surface area contributed by atoms with Gasteiger partial charge >= 0.3 is 0 Å². The summed E-state index contributed by atoms with van der Waals surface area (Å²) in [4.78, 5) is 14.6. The molecule has 0 saturated heterocycles. The molecule has 0 spiro atoms. The van der Waals surface area contributed by atoms with Gasteiger partial charge in [0.2, 0.25) is 0 Å². The molecular formula is C20H16N2OS. The third-order valence-electron chi connectivity index (χ3n) is 4.06. The van der Waals surface area contributed by atoms with Gasteiger partial charge in [-0.25, -0.2) is 4.68 Å². The molecule has 3 nitrogen and oxygen atoms in total. The number of rotatable bonds is 3. The van der Waals surface area contributed by atoms with Crippen LogP contribution in [0.2, 0.25) is 0 Å². The highest BCUT2D eigenvalue weighted by Gasteiger charge is 2.08. The number of aromatic nitrogens is 2. The number of fused-ring (bicyclic) bond motifs is 1. The van der Waals surface area contributed by atoms with Gasteiger partial charge in [-0.15, -0.1) is 11.3 Å². The standard InChI is InChI=1S/C20H16N2OS/c1-14-9-11-19(24-14)18-10-12-20(23)22(21-18)13-16-7-4-6-15-5-2-3-8-17(15)16/h2-12H,13H2,1H3. The van der Waals surface area contributed by atoms with Crippen molar-refractivity contribution < 1.29 is 0 Å². The molecule has 4 heteroatoms. The maximum atomic E-state index is 12.3. The number of hydrogen-bond donors (Lipinski definition) is 0. The fourth-order valence-corrected chi connectivity index (χ4v) is 3.69. The molecule has 2 heterocycles. The predicted molar refractivity (Wildman–Crippen MR) is 99.6 cm³/mol. The second-order valence-electron chi connectivity index (χ2n) is 5.76. The number of benzene rings is 2. The molecule has 0 atom stereocenters. The van der Waals surface area contributed by atoms with Gasteiger partial charge in [0.1, 0.15) is 5.69 Å². The van der Waals surface area contributed by atoms with E-state index in [9.17, 15) is 4.79 Å². The molecule has 0 N–H and O–H groups in total. The molecular weight excluding hydrogens is 316 g/mol. The molecule has 0 bridgehead atoms. The molecule has 0 amide bonds. The minimum atomic E-state index is -0.0834. The van der Waals surface area contributed by atoms with Crippen molar-refractivity contribution in [2.24, 2.45) is 0 Å². The third kappa shape index (κ3) is 2.76. The zero-order chi connectivity index (χ0) is 16.5. The Bertz CT molecular complexity index is 1070. The number of aryl methyl sites for hydroxylation is 1. The van der Waals surface area contributed by atoms with E-state index in [2.05, 4.69) is 48.4 Å². The lowest BCUT2D eigenvalue weighted by Gasteiger charge is -2.09. The van der Waals surface area contributed by atoms with Gasteiger partial charge in [-0.2, -0.15) is 5.10 Å². The zero-order valence-electron chi connectivity index (χ0n) is 13.3. The molecule has 2 aromatic heterocycles. The lowest BCUT2D eigenvalue weighted by Crippen LogP contribution is -2.22. The summed E-state index contributed by atoms with van der Waals surface area (Å²) in [6.45, 7) is 2.54. The molecule has 24 heavy (non-hydrogen) atoms. The number of nitrogens with zero attached hydrogens (tertiary/aromatic N) is 2. The molecule has 0 unspecified atom stereocenters. The van der Waals surface area contributed by atoms with E-state index in [1.807, 2.05) is 18.2 Å². The molecule has 0 aliphatic carbocycles. The van der Waals surface area contributed by atoms with Crippen LogP contribution in [-0.4, -0.2) is 9.78 Å². The van der Waals surface area contributed by atoms with Crippen LogP contribution in [0.15, 0.2) is 71.5 Å². The minimum absolute atomic E-state index is 0.0834. The second-order valence-corrected chi connectivity index (χ2v) is 7.05. The number of hydrogen-bond acceptors (Lipinski definition) is 3. The van der Waals surface area contributed by atoms with Crippen LogP contribution in [-0.2, 0) is 6.54 Å². The average Bonchev–Trinajstić information content (AvgIpc) is 3.04. The van der Waals surface area contributed by atoms with E-state index in [1.54, 1.807) is 28.2 Å². The largest absolute Gasteiger partial charge is 0.268 e. The molecule has 2 aromatic carbocycles. The fraction of sp³-hybridized carbons (Fsp3) is 0.100. The van der Waals surface area contributed by atoms with Gasteiger partial charge in [0, 0.05) is 10.9 Å². The van der Waals surface area contributed by atoms with Crippen molar-refractivity contribution in [1.29, 1.82) is 0 Å². The molecule has 0 fully saturated rings. The van der Waals surface area contributed by atoms with Gasteiger partial charge < -0.3 is 0 Å². The first-order chi connectivity index (χ1) is 11.7. The summed E-state index contributed by atoms with van der Waals surface area (Å²) < 4.78 is 1.55. The van der Waals surface area contributed by atoms with Crippen LogP contribution in [0.4, 0.5) is 0 Å². The quantitative estimate of drug-likeness (QED) is 0.554. The van der Waals surface area contributed by atoms with Crippen LogP contribution in [0.1, 0.15) is 10.4 Å². The Kier molecular flexibility index (Phi) is 3.75. The highest BCUT2D eigenvalue weighted by Crippen LogP contribution is 2.25. The van der Waals surface area contributed by atoms with Gasteiger partial charge in [-0.1, -0.05) is 42.5 Å². The van der Waals surface area contributed by atoms with Crippen molar-refractivity contribution in [1.82, 2.24) is 9.78 Å². The van der Waals surface area contributed by atoms with E-state index in [1.165, 1.54) is 10.3 Å². The van der Waals surface area contributed by atoms with Crippen LogP contribution < -0.4 is 5.56 Å². The zero-order valence-corrected chi connectivity index (χ0v) is 14.1. The molecule has 4 aromatic rings. The Labute approximate surface area is 143 Å². The summed E-state index contributed by atoms with van der Waals surface area (Å²) in [5.74, 6) is 0. The normalized spacial score (nSPS) is 11.0. The van der Waals surface area contributed by atoms with E-state index >= 15 is 0 Å². The van der Waals surface area contributed by atoms with Crippen molar-refractivity contribution in [3.8, 4) is 10.6 Å². The van der Waals surface area contributed by atoms with Crippen molar-refractivity contribution in [3.63, 3.8) is 0 Å². The lowest BCUT2D eigenvalue weighted by atomic mass is 10.0. The first kappa shape index (κ1) is 14.8. The summed E-state index contributed by atoms with van der Waals surface area (Å²) in [6, 6.07) is 21.9. The van der Waals surface area contributed by atoms with Crippen LogP contribution in [0.25, 0.3) is 21.3 Å². The summed E-state index contributed by atoms with van der Waals surface area (Å²) in [6.07, 6.45) is 0. The lowest BCUT2D eigenvalue weighted by molar-refractivity contribution is 0.646. The Hall–Kier alpha value is -2.72. The molecule has 0 saturated carbocycles. The first-order valence-corrected chi connectivity index (χ1v) is 8.64. The van der Waals surface area contributed by atoms with Crippen molar-refractivity contribution in [2.45, 2.75) is 13.5 Å². The fourth-order valence-electron chi connectivity index (χ4n) is 2.86. The molecule has 0 aliphatic heterocycles. The summed E-state index contributed by atoms with van der Waals surface area (Å²) >= 11 is 1.69. The summed E-state index contributed by atoms with van der Waals surface area (Å²) in [7, 11) is 0. The Morgan fingerprint density at radius 2 is 1.79 bits per heavy atom. The molecule has 0 aliphatic rings. The molecule has 0 radical (unpaired) electrons. The van der Waals surface area contributed by atoms with E-state index in [0.29, 0.717) is 6.54 Å². The highest BCUT2D eigenvalue weighted by atomic mass is 32.1. The van der Waals surface area contributed by atoms with Crippen LogP contribution in [0, 0.1) is 6.92 Å². The smallest absolute Gasteiger partial charge is 0.267 e. The van der Waals surface area contributed by atoms with Crippen LogP contribution in [0.5, 0.6) is 0 Å².